The molecule has 0 saturated heterocycles. The van der Waals surface area contributed by atoms with Crippen molar-refractivity contribution in [3.63, 3.8) is 0 Å². The van der Waals surface area contributed by atoms with E-state index in [4.69, 9.17) is 11.6 Å². The Kier molecular flexibility index (Phi) is 5.38. The Morgan fingerprint density at radius 1 is 1.28 bits per heavy atom. The number of hydrogen-bond acceptors (Lipinski definition) is 6. The summed E-state index contributed by atoms with van der Waals surface area (Å²) < 4.78 is 1.97. The van der Waals surface area contributed by atoms with Crippen molar-refractivity contribution in [3.8, 4) is 0 Å². The lowest BCUT2D eigenvalue weighted by atomic mass is 9.59. The van der Waals surface area contributed by atoms with Crippen LogP contribution in [-0.4, -0.2) is 41.2 Å². The molecule has 10 heteroatoms. The van der Waals surface area contributed by atoms with Crippen LogP contribution in [0.4, 0.5) is 5.69 Å². The monoisotopic (exact) mass is 504 g/mol. The van der Waals surface area contributed by atoms with Crippen LogP contribution in [0.3, 0.4) is 0 Å². The molecule has 0 aliphatic heterocycles. The van der Waals surface area contributed by atoms with Crippen LogP contribution in [0.1, 0.15) is 67.0 Å². The summed E-state index contributed by atoms with van der Waals surface area (Å²) >= 11 is 6.38. The number of halogens is 1. The highest BCUT2D eigenvalue weighted by molar-refractivity contribution is 6.35. The number of nitrogens with one attached hydrogen (secondary N) is 3. The number of nitrogens with zero attached hydrogens (tertiary/aromatic N) is 5. The van der Waals surface area contributed by atoms with Crippen LogP contribution in [0.15, 0.2) is 37.1 Å². The molecule has 36 heavy (non-hydrogen) atoms. The molecule has 6 rings (SSSR count). The Hall–Kier alpha value is -3.30. The van der Waals surface area contributed by atoms with Gasteiger partial charge >= 0.3 is 0 Å². The van der Waals surface area contributed by atoms with E-state index in [0.717, 1.165) is 48.2 Å². The lowest BCUT2D eigenvalue weighted by molar-refractivity contribution is 0.102. The summed E-state index contributed by atoms with van der Waals surface area (Å²) in [6, 6.07) is 3.82. The molecule has 2 saturated carbocycles. The first-order valence-corrected chi connectivity index (χ1v) is 12.7. The molecule has 0 bridgehead atoms. The van der Waals surface area contributed by atoms with Crippen LogP contribution >= 0.6 is 11.6 Å². The Bertz CT molecular complexity index is 1460. The van der Waals surface area contributed by atoms with Crippen LogP contribution in [0.2, 0.25) is 5.02 Å². The van der Waals surface area contributed by atoms with Gasteiger partial charge in [0.2, 0.25) is 0 Å². The number of H-pyrrole nitrogens is 1. The molecule has 0 spiro atoms. The lowest BCUT2D eigenvalue weighted by Crippen LogP contribution is -2.43. The fourth-order valence-corrected chi connectivity index (χ4v) is 5.61. The van der Waals surface area contributed by atoms with Crippen molar-refractivity contribution >= 4 is 34.2 Å². The van der Waals surface area contributed by atoms with E-state index in [9.17, 15) is 4.79 Å². The first-order chi connectivity index (χ1) is 17.3. The number of carbonyl (C=O) groups is 1. The topological polar surface area (TPSA) is 113 Å². The van der Waals surface area contributed by atoms with Crippen molar-refractivity contribution in [3.05, 3.63) is 64.7 Å². The number of amides is 1. The molecule has 2 fully saturated rings. The largest absolute Gasteiger partial charge is 0.358 e. The fraction of sp³-hybridized carbons (Fsp3) is 0.423. The van der Waals surface area contributed by atoms with Gasteiger partial charge in [-0.05, 0) is 61.8 Å². The van der Waals surface area contributed by atoms with E-state index in [-0.39, 0.29) is 16.9 Å². The number of pyridine rings is 2. The Morgan fingerprint density at radius 3 is 2.78 bits per heavy atom. The normalized spacial score (nSPS) is 22.4. The summed E-state index contributed by atoms with van der Waals surface area (Å²) in [7, 11) is 1.96. The number of rotatable bonds is 7. The lowest BCUT2D eigenvalue weighted by Gasteiger charge is -2.45. The van der Waals surface area contributed by atoms with Gasteiger partial charge in [0.15, 0.2) is 0 Å². The average Bonchev–Trinajstić information content (AvgIpc) is 3.23. The maximum atomic E-state index is 13.3. The van der Waals surface area contributed by atoms with E-state index in [1.54, 1.807) is 18.7 Å². The quantitative estimate of drug-likeness (QED) is 0.345. The van der Waals surface area contributed by atoms with E-state index in [1.165, 1.54) is 0 Å². The highest BCUT2D eigenvalue weighted by Gasteiger charge is 2.48. The second-order valence-electron chi connectivity index (χ2n) is 10.7. The van der Waals surface area contributed by atoms with Gasteiger partial charge in [-0.15, -0.1) is 10.2 Å². The number of fused-ring (bicyclic) bond motifs is 1. The molecule has 4 aromatic rings. The minimum atomic E-state index is -0.304. The Balaban J connectivity index is 1.29. The van der Waals surface area contributed by atoms with Gasteiger partial charge < -0.3 is 20.2 Å². The molecule has 0 atom stereocenters. The number of aromatic amines is 1. The average molecular weight is 505 g/mol. The van der Waals surface area contributed by atoms with Gasteiger partial charge in [0.05, 0.1) is 27.8 Å². The van der Waals surface area contributed by atoms with Gasteiger partial charge in [-0.3, -0.25) is 9.78 Å². The standard InChI is InChI=1S/C26H29ClN8O/c1-15-8-26(9-15,24-34-31-14-35(24)3)17-7-18(12-28-11-17)32-23(36)20-6-16(10-30-25(2)4-5-25)21-22(33-20)19(27)13-29-21/h6-7,11-15,29-30H,4-5,8-10H2,1-3H3,(H,32,36). The van der Waals surface area contributed by atoms with Crippen molar-refractivity contribution in [2.75, 3.05) is 5.32 Å². The first-order valence-electron chi connectivity index (χ1n) is 12.3. The van der Waals surface area contributed by atoms with E-state index in [2.05, 4.69) is 49.6 Å². The van der Waals surface area contributed by atoms with Crippen molar-refractivity contribution < 1.29 is 4.79 Å². The summed E-state index contributed by atoms with van der Waals surface area (Å²) in [5.74, 6) is 1.19. The van der Waals surface area contributed by atoms with E-state index < -0.39 is 0 Å². The van der Waals surface area contributed by atoms with Gasteiger partial charge in [0.25, 0.3) is 5.91 Å². The van der Waals surface area contributed by atoms with E-state index in [0.29, 0.717) is 34.4 Å². The Labute approximate surface area is 214 Å². The van der Waals surface area contributed by atoms with Crippen molar-refractivity contribution in [1.29, 1.82) is 0 Å². The number of hydrogen-bond donors (Lipinski definition) is 3. The van der Waals surface area contributed by atoms with E-state index in [1.807, 2.05) is 29.9 Å². The summed E-state index contributed by atoms with van der Waals surface area (Å²) in [5.41, 5.74) is 4.26. The molecule has 1 amide bonds. The van der Waals surface area contributed by atoms with Gasteiger partial charge in [-0.2, -0.15) is 0 Å². The molecular formula is C26H29ClN8O. The molecule has 3 N–H and O–H groups in total. The third-order valence-electron chi connectivity index (χ3n) is 7.69. The highest BCUT2D eigenvalue weighted by Crippen LogP contribution is 2.51. The number of carbonyl (C=O) groups excluding carboxylic acids is 1. The van der Waals surface area contributed by atoms with Crippen LogP contribution in [0, 0.1) is 5.92 Å². The number of aromatic nitrogens is 6. The zero-order chi connectivity index (χ0) is 25.1. The third-order valence-corrected chi connectivity index (χ3v) is 7.98. The van der Waals surface area contributed by atoms with Crippen LogP contribution in [-0.2, 0) is 19.0 Å². The molecule has 0 aromatic carbocycles. The minimum Gasteiger partial charge on any atom is -0.358 e. The summed E-state index contributed by atoms with van der Waals surface area (Å²) in [4.78, 5) is 25.6. The predicted molar refractivity (Wildman–Crippen MR) is 138 cm³/mol. The number of aryl methyl sites for hydroxylation is 1. The number of anilines is 1. The fourth-order valence-electron chi connectivity index (χ4n) is 5.42. The molecule has 4 heterocycles. The molecular weight excluding hydrogens is 476 g/mol. The predicted octanol–water partition coefficient (Wildman–Crippen LogP) is 4.35. The smallest absolute Gasteiger partial charge is 0.274 e. The molecule has 2 aliphatic rings. The van der Waals surface area contributed by atoms with Crippen molar-refractivity contribution in [2.45, 2.75) is 57.0 Å². The summed E-state index contributed by atoms with van der Waals surface area (Å²) in [6.07, 6.45) is 11.2. The second kappa shape index (κ2) is 8.38. The van der Waals surface area contributed by atoms with Crippen LogP contribution in [0.5, 0.6) is 0 Å². The molecule has 0 radical (unpaired) electrons. The van der Waals surface area contributed by atoms with Crippen LogP contribution < -0.4 is 10.6 Å². The third kappa shape index (κ3) is 3.96. The Morgan fingerprint density at radius 2 is 2.08 bits per heavy atom. The maximum absolute atomic E-state index is 13.3. The van der Waals surface area contributed by atoms with Gasteiger partial charge in [0, 0.05) is 31.5 Å². The van der Waals surface area contributed by atoms with Crippen LogP contribution in [0.25, 0.3) is 11.0 Å². The molecule has 4 aromatic heterocycles. The minimum absolute atomic E-state index is 0.165. The molecule has 9 nitrogen and oxygen atoms in total. The maximum Gasteiger partial charge on any atom is 0.274 e. The molecule has 186 valence electrons. The van der Waals surface area contributed by atoms with Crippen molar-refractivity contribution in [2.24, 2.45) is 13.0 Å². The first kappa shape index (κ1) is 23.1. The molecule has 2 aliphatic carbocycles. The summed E-state index contributed by atoms with van der Waals surface area (Å²) in [6.45, 7) is 5.07. The van der Waals surface area contributed by atoms with Gasteiger partial charge in [-0.1, -0.05) is 18.5 Å². The zero-order valence-corrected chi connectivity index (χ0v) is 21.4. The second-order valence-corrected chi connectivity index (χ2v) is 11.1. The van der Waals surface area contributed by atoms with E-state index >= 15 is 0 Å². The summed E-state index contributed by atoms with van der Waals surface area (Å²) in [5, 5.41) is 15.6. The zero-order valence-electron chi connectivity index (χ0n) is 20.6. The SMILES string of the molecule is CC1CC(c2cncc(NC(=O)c3cc(CNC4(C)CC4)c4[nH]cc(Cl)c4n3)c2)(c2nncn2C)C1. The molecule has 0 unspecified atom stereocenters. The van der Waals surface area contributed by atoms with Gasteiger partial charge in [0.1, 0.15) is 23.4 Å². The van der Waals surface area contributed by atoms with Crippen molar-refractivity contribution in [1.82, 2.24) is 35.0 Å². The van der Waals surface area contributed by atoms with Gasteiger partial charge in [-0.25, -0.2) is 4.98 Å². The highest BCUT2D eigenvalue weighted by atomic mass is 35.5.